The monoisotopic (exact) mass is 333 g/mol. The van der Waals surface area contributed by atoms with E-state index in [1.54, 1.807) is 11.3 Å². The highest BCUT2D eigenvalue weighted by molar-refractivity contribution is 9.10. The first-order chi connectivity index (χ1) is 9.16. The molecule has 3 N–H and O–H groups in total. The molecular formula is C14H12BrN3S. The normalized spacial score (nSPS) is 10.8. The van der Waals surface area contributed by atoms with Crippen LogP contribution in [0, 0.1) is 6.92 Å². The predicted molar refractivity (Wildman–Crippen MR) is 84.2 cm³/mol. The van der Waals surface area contributed by atoms with Gasteiger partial charge in [-0.15, -0.1) is 11.3 Å². The Morgan fingerprint density at radius 2 is 2.16 bits per heavy atom. The van der Waals surface area contributed by atoms with Crippen molar-refractivity contribution in [2.75, 3.05) is 5.73 Å². The van der Waals surface area contributed by atoms with Crippen LogP contribution >= 0.6 is 27.3 Å². The number of nitrogens with zero attached hydrogens (tertiary/aromatic N) is 1. The average Bonchev–Trinajstić information content (AvgIpc) is 2.98. The smallest absolute Gasteiger partial charge is 0.154 e. The van der Waals surface area contributed by atoms with E-state index < -0.39 is 0 Å². The van der Waals surface area contributed by atoms with Crippen molar-refractivity contribution in [1.82, 2.24) is 10.2 Å². The molecule has 1 aromatic carbocycles. The molecule has 0 unspecified atom stereocenters. The van der Waals surface area contributed by atoms with Crippen LogP contribution in [-0.4, -0.2) is 10.2 Å². The number of nitrogens with one attached hydrogen (secondary N) is 1. The first-order valence-electron chi connectivity index (χ1n) is 5.81. The fourth-order valence-electron chi connectivity index (χ4n) is 2.13. The highest BCUT2D eigenvalue weighted by Crippen LogP contribution is 2.38. The fraction of sp³-hybridized carbons (Fsp3) is 0.0714. The number of rotatable bonds is 2. The zero-order valence-electron chi connectivity index (χ0n) is 10.3. The molecule has 0 atom stereocenters. The maximum absolute atomic E-state index is 6.00. The van der Waals surface area contributed by atoms with E-state index in [1.165, 1.54) is 5.56 Å². The predicted octanol–water partition coefficient (Wildman–Crippen LogP) is 4.46. The van der Waals surface area contributed by atoms with Crippen LogP contribution in [0.15, 0.2) is 40.2 Å². The molecule has 0 aliphatic heterocycles. The Morgan fingerprint density at radius 1 is 1.32 bits per heavy atom. The summed E-state index contributed by atoms with van der Waals surface area (Å²) in [6.07, 6.45) is 0. The Labute approximate surface area is 123 Å². The molecule has 2 heterocycles. The van der Waals surface area contributed by atoms with Gasteiger partial charge in [0.25, 0.3) is 0 Å². The summed E-state index contributed by atoms with van der Waals surface area (Å²) >= 11 is 5.15. The first-order valence-corrected chi connectivity index (χ1v) is 7.48. The summed E-state index contributed by atoms with van der Waals surface area (Å²) in [4.78, 5) is 1.13. The SMILES string of the molecule is Cc1cc(Br)ccc1-c1[nH]nc(N)c1-c1cccs1. The summed E-state index contributed by atoms with van der Waals surface area (Å²) in [5, 5.41) is 9.26. The maximum atomic E-state index is 6.00. The number of hydrogen-bond donors (Lipinski definition) is 2. The van der Waals surface area contributed by atoms with Gasteiger partial charge < -0.3 is 5.73 Å². The van der Waals surface area contributed by atoms with Gasteiger partial charge in [0, 0.05) is 14.9 Å². The molecule has 2 aromatic heterocycles. The molecule has 0 radical (unpaired) electrons. The third kappa shape index (κ3) is 2.19. The molecule has 3 nitrogen and oxygen atoms in total. The lowest BCUT2D eigenvalue weighted by Gasteiger charge is -2.06. The summed E-state index contributed by atoms with van der Waals surface area (Å²) in [7, 11) is 0. The molecule has 19 heavy (non-hydrogen) atoms. The van der Waals surface area contributed by atoms with Gasteiger partial charge in [0.2, 0.25) is 0 Å². The van der Waals surface area contributed by atoms with Gasteiger partial charge in [-0.25, -0.2) is 0 Å². The van der Waals surface area contributed by atoms with Crippen molar-refractivity contribution < 1.29 is 0 Å². The Morgan fingerprint density at radius 3 is 2.84 bits per heavy atom. The molecule has 0 amide bonds. The second-order valence-electron chi connectivity index (χ2n) is 4.30. The highest BCUT2D eigenvalue weighted by atomic mass is 79.9. The van der Waals surface area contributed by atoms with Crippen LogP contribution in [-0.2, 0) is 0 Å². The summed E-state index contributed by atoms with van der Waals surface area (Å²) in [6, 6.07) is 10.3. The number of nitrogen functional groups attached to an aromatic ring is 1. The molecule has 3 aromatic rings. The summed E-state index contributed by atoms with van der Waals surface area (Å²) in [5.74, 6) is 0.541. The molecule has 0 saturated carbocycles. The van der Waals surface area contributed by atoms with Crippen LogP contribution in [0.4, 0.5) is 5.82 Å². The minimum atomic E-state index is 0.541. The molecule has 96 valence electrons. The number of anilines is 1. The van der Waals surface area contributed by atoms with E-state index in [0.29, 0.717) is 5.82 Å². The van der Waals surface area contributed by atoms with E-state index >= 15 is 0 Å². The Bertz CT molecular complexity index is 716. The van der Waals surface area contributed by atoms with Crippen molar-refractivity contribution in [3.8, 4) is 21.7 Å². The van der Waals surface area contributed by atoms with Crippen molar-refractivity contribution in [1.29, 1.82) is 0 Å². The lowest BCUT2D eigenvalue weighted by Crippen LogP contribution is -1.88. The number of halogens is 1. The van der Waals surface area contributed by atoms with Crippen LogP contribution in [0.1, 0.15) is 5.56 Å². The largest absolute Gasteiger partial charge is 0.382 e. The van der Waals surface area contributed by atoms with Crippen molar-refractivity contribution in [3.05, 3.63) is 45.7 Å². The van der Waals surface area contributed by atoms with Crippen molar-refractivity contribution in [2.45, 2.75) is 6.92 Å². The van der Waals surface area contributed by atoms with Gasteiger partial charge in [0.15, 0.2) is 5.82 Å². The second-order valence-corrected chi connectivity index (χ2v) is 6.16. The zero-order valence-corrected chi connectivity index (χ0v) is 12.7. The van der Waals surface area contributed by atoms with Gasteiger partial charge in [0.1, 0.15) is 0 Å². The molecule has 0 bridgehead atoms. The highest BCUT2D eigenvalue weighted by Gasteiger charge is 2.16. The van der Waals surface area contributed by atoms with Crippen molar-refractivity contribution in [3.63, 3.8) is 0 Å². The molecule has 0 aliphatic carbocycles. The molecule has 0 spiro atoms. The van der Waals surface area contributed by atoms with E-state index in [1.807, 2.05) is 17.5 Å². The van der Waals surface area contributed by atoms with Crippen LogP contribution in [0.25, 0.3) is 21.7 Å². The number of thiophene rings is 1. The van der Waals surface area contributed by atoms with Gasteiger partial charge in [-0.05, 0) is 36.1 Å². The summed E-state index contributed by atoms with van der Waals surface area (Å²) in [5.41, 5.74) is 10.3. The van der Waals surface area contributed by atoms with E-state index in [9.17, 15) is 0 Å². The topological polar surface area (TPSA) is 54.7 Å². The van der Waals surface area contributed by atoms with E-state index in [4.69, 9.17) is 5.73 Å². The minimum absolute atomic E-state index is 0.541. The number of H-pyrrole nitrogens is 1. The van der Waals surface area contributed by atoms with Crippen molar-refractivity contribution in [2.24, 2.45) is 0 Å². The van der Waals surface area contributed by atoms with Crippen molar-refractivity contribution >= 4 is 33.1 Å². The standard InChI is InChI=1S/C14H12BrN3S/c1-8-7-9(15)4-5-10(8)13-12(14(16)18-17-13)11-3-2-6-19-11/h2-7H,1H3,(H3,16,17,18). The van der Waals surface area contributed by atoms with Crippen LogP contribution < -0.4 is 5.73 Å². The Kier molecular flexibility index (Phi) is 3.16. The van der Waals surface area contributed by atoms with Gasteiger partial charge in [-0.2, -0.15) is 5.10 Å². The molecule has 5 heteroatoms. The van der Waals surface area contributed by atoms with Gasteiger partial charge in [0.05, 0.1) is 11.3 Å². The van der Waals surface area contributed by atoms with E-state index in [0.717, 1.165) is 26.2 Å². The molecule has 3 rings (SSSR count). The summed E-state index contributed by atoms with van der Waals surface area (Å²) in [6.45, 7) is 2.08. The third-order valence-corrected chi connectivity index (χ3v) is 4.40. The van der Waals surface area contributed by atoms with Gasteiger partial charge in [-0.3, -0.25) is 5.10 Å². The number of aromatic nitrogens is 2. The van der Waals surface area contributed by atoms with E-state index in [-0.39, 0.29) is 0 Å². The van der Waals surface area contributed by atoms with Crippen LogP contribution in [0.2, 0.25) is 0 Å². The Balaban J connectivity index is 2.21. The van der Waals surface area contributed by atoms with E-state index in [2.05, 4.69) is 51.3 Å². The fourth-order valence-corrected chi connectivity index (χ4v) is 3.39. The number of nitrogens with two attached hydrogens (primary N) is 1. The average molecular weight is 334 g/mol. The zero-order chi connectivity index (χ0) is 13.4. The number of benzene rings is 1. The first kappa shape index (κ1) is 12.4. The molecular weight excluding hydrogens is 322 g/mol. The number of hydrogen-bond acceptors (Lipinski definition) is 3. The lowest BCUT2D eigenvalue weighted by molar-refractivity contribution is 1.10. The molecule has 0 fully saturated rings. The minimum Gasteiger partial charge on any atom is -0.382 e. The lowest BCUT2D eigenvalue weighted by atomic mass is 10.0. The summed E-state index contributed by atoms with van der Waals surface area (Å²) < 4.78 is 1.07. The van der Waals surface area contributed by atoms with Gasteiger partial charge >= 0.3 is 0 Å². The Hall–Kier alpha value is -1.59. The second kappa shape index (κ2) is 4.83. The maximum Gasteiger partial charge on any atom is 0.154 e. The number of aryl methyl sites for hydroxylation is 1. The molecule has 0 saturated heterocycles. The third-order valence-electron chi connectivity index (χ3n) is 3.02. The quantitative estimate of drug-likeness (QED) is 0.727. The molecule has 0 aliphatic rings. The van der Waals surface area contributed by atoms with Crippen LogP contribution in [0.3, 0.4) is 0 Å². The van der Waals surface area contributed by atoms with Gasteiger partial charge in [-0.1, -0.05) is 28.1 Å². The number of aromatic amines is 1. The van der Waals surface area contributed by atoms with Crippen LogP contribution in [0.5, 0.6) is 0 Å².